The number of rotatable bonds is 2. The number of nitrogens with one attached hydrogen (secondary N) is 1. The molecule has 100 valence electrons. The van der Waals surface area contributed by atoms with Crippen LogP contribution in [0.15, 0.2) is 24.3 Å². The molecule has 0 radical (unpaired) electrons. The van der Waals surface area contributed by atoms with Crippen LogP contribution >= 0.6 is 0 Å². The van der Waals surface area contributed by atoms with E-state index in [2.05, 4.69) is 17.2 Å². The zero-order valence-corrected chi connectivity index (χ0v) is 10.9. The number of benzene rings is 1. The molecule has 1 amide bonds. The zero-order valence-electron chi connectivity index (χ0n) is 10.9. The van der Waals surface area contributed by atoms with Crippen LogP contribution in [0.5, 0.6) is 0 Å². The van der Waals surface area contributed by atoms with E-state index in [-0.39, 0.29) is 18.1 Å². The van der Waals surface area contributed by atoms with Crippen molar-refractivity contribution in [3.63, 3.8) is 0 Å². The normalized spacial score (nSPS) is 21.6. The number of aliphatic hydroxyl groups is 1. The topological polar surface area (TPSA) is 58.6 Å². The molecule has 2 N–H and O–H groups in total. The van der Waals surface area contributed by atoms with Crippen molar-refractivity contribution in [1.29, 1.82) is 0 Å². The second-order valence-electron chi connectivity index (χ2n) is 4.86. The van der Waals surface area contributed by atoms with E-state index < -0.39 is 0 Å². The van der Waals surface area contributed by atoms with Gasteiger partial charge in [0.25, 0.3) is 5.91 Å². The average molecular weight is 259 g/mol. The highest BCUT2D eigenvalue weighted by atomic mass is 16.5. The third-order valence-electron chi connectivity index (χ3n) is 3.07. The summed E-state index contributed by atoms with van der Waals surface area (Å²) in [6.45, 7) is 3.01. The van der Waals surface area contributed by atoms with Crippen LogP contribution in [0.4, 0.5) is 0 Å². The number of amides is 1. The van der Waals surface area contributed by atoms with E-state index in [1.54, 1.807) is 24.3 Å². The van der Waals surface area contributed by atoms with Crippen molar-refractivity contribution in [2.75, 3.05) is 19.8 Å². The van der Waals surface area contributed by atoms with Crippen LogP contribution in [0.1, 0.15) is 29.3 Å². The zero-order chi connectivity index (χ0) is 13.7. The van der Waals surface area contributed by atoms with Crippen molar-refractivity contribution in [2.45, 2.75) is 18.9 Å². The molecular formula is C15H17NO3. The standard InChI is InChI=1S/C15H17NO3/c1-15(7-9-19-11-15)16-14(18)13-6-2-4-12(10-13)5-3-8-17/h2,4,6,10,17H,7-9,11H2,1H3,(H,16,18). The van der Waals surface area contributed by atoms with Gasteiger partial charge in [-0.2, -0.15) is 0 Å². The van der Waals surface area contributed by atoms with Gasteiger partial charge in [0.15, 0.2) is 0 Å². The van der Waals surface area contributed by atoms with Gasteiger partial charge in [0.2, 0.25) is 0 Å². The molecule has 1 unspecified atom stereocenters. The lowest BCUT2D eigenvalue weighted by atomic mass is 10.0. The summed E-state index contributed by atoms with van der Waals surface area (Å²) in [5, 5.41) is 11.7. The Morgan fingerprint density at radius 2 is 2.42 bits per heavy atom. The molecule has 1 heterocycles. The predicted octanol–water partition coefficient (Wildman–Crippen LogP) is 0.939. The molecule has 0 saturated carbocycles. The first-order chi connectivity index (χ1) is 9.13. The molecule has 0 bridgehead atoms. The molecule has 1 saturated heterocycles. The molecular weight excluding hydrogens is 242 g/mol. The number of hydrogen-bond acceptors (Lipinski definition) is 3. The maximum atomic E-state index is 12.2. The largest absolute Gasteiger partial charge is 0.384 e. The molecule has 4 nitrogen and oxygen atoms in total. The molecule has 1 aliphatic rings. The van der Waals surface area contributed by atoms with Crippen LogP contribution in [0.2, 0.25) is 0 Å². The van der Waals surface area contributed by atoms with E-state index in [0.717, 1.165) is 12.0 Å². The third kappa shape index (κ3) is 3.57. The minimum Gasteiger partial charge on any atom is -0.384 e. The molecule has 0 spiro atoms. The maximum Gasteiger partial charge on any atom is 0.251 e. The summed E-state index contributed by atoms with van der Waals surface area (Å²) in [7, 11) is 0. The Labute approximate surface area is 112 Å². The summed E-state index contributed by atoms with van der Waals surface area (Å²) in [6, 6.07) is 7.05. The predicted molar refractivity (Wildman–Crippen MR) is 71.7 cm³/mol. The highest BCUT2D eigenvalue weighted by Crippen LogP contribution is 2.18. The second-order valence-corrected chi connectivity index (χ2v) is 4.86. The van der Waals surface area contributed by atoms with Gasteiger partial charge < -0.3 is 15.2 Å². The summed E-state index contributed by atoms with van der Waals surface area (Å²) in [4.78, 5) is 12.2. The van der Waals surface area contributed by atoms with Crippen molar-refractivity contribution in [3.8, 4) is 11.8 Å². The minimum absolute atomic E-state index is 0.124. The van der Waals surface area contributed by atoms with Crippen LogP contribution in [0.3, 0.4) is 0 Å². The quantitative estimate of drug-likeness (QED) is 0.777. The molecule has 1 atom stereocenters. The SMILES string of the molecule is CC1(NC(=O)c2cccc(C#CCO)c2)CCOC1. The van der Waals surface area contributed by atoms with Crippen molar-refractivity contribution in [1.82, 2.24) is 5.32 Å². The van der Waals surface area contributed by atoms with Gasteiger partial charge in [-0.3, -0.25) is 4.79 Å². The van der Waals surface area contributed by atoms with Gasteiger partial charge in [-0.25, -0.2) is 0 Å². The molecule has 4 heteroatoms. The highest BCUT2D eigenvalue weighted by molar-refractivity contribution is 5.95. The van der Waals surface area contributed by atoms with Crippen LogP contribution in [-0.4, -0.2) is 36.4 Å². The Morgan fingerprint density at radius 3 is 3.11 bits per heavy atom. The van der Waals surface area contributed by atoms with Crippen LogP contribution in [-0.2, 0) is 4.74 Å². The van der Waals surface area contributed by atoms with E-state index in [0.29, 0.717) is 18.8 Å². The molecule has 1 fully saturated rings. The maximum absolute atomic E-state index is 12.2. The first kappa shape index (κ1) is 13.6. The Morgan fingerprint density at radius 1 is 1.58 bits per heavy atom. The molecule has 2 rings (SSSR count). The van der Waals surface area contributed by atoms with E-state index in [1.165, 1.54) is 0 Å². The molecule has 1 aromatic rings. The lowest BCUT2D eigenvalue weighted by molar-refractivity contribution is 0.0890. The van der Waals surface area contributed by atoms with Crippen LogP contribution in [0.25, 0.3) is 0 Å². The van der Waals surface area contributed by atoms with Gasteiger partial charge >= 0.3 is 0 Å². The molecule has 1 aromatic carbocycles. The molecule has 19 heavy (non-hydrogen) atoms. The minimum atomic E-state index is -0.288. The van der Waals surface area contributed by atoms with Crippen LogP contribution < -0.4 is 5.32 Å². The first-order valence-corrected chi connectivity index (χ1v) is 6.23. The number of aliphatic hydroxyl groups excluding tert-OH is 1. The lowest BCUT2D eigenvalue weighted by Crippen LogP contribution is -2.46. The van der Waals surface area contributed by atoms with E-state index in [9.17, 15) is 4.79 Å². The van der Waals surface area contributed by atoms with Crippen molar-refractivity contribution in [3.05, 3.63) is 35.4 Å². The van der Waals surface area contributed by atoms with Gasteiger partial charge in [0.05, 0.1) is 12.1 Å². The summed E-state index contributed by atoms with van der Waals surface area (Å²) in [5.41, 5.74) is 0.997. The Kier molecular flexibility index (Phi) is 4.20. The number of carbonyl (C=O) groups excluding carboxylic acids is 1. The van der Waals surface area contributed by atoms with Gasteiger partial charge in [0.1, 0.15) is 6.61 Å². The number of ether oxygens (including phenoxy) is 1. The van der Waals surface area contributed by atoms with E-state index in [4.69, 9.17) is 9.84 Å². The molecule has 1 aliphatic heterocycles. The van der Waals surface area contributed by atoms with Gasteiger partial charge in [-0.05, 0) is 31.5 Å². The fraction of sp³-hybridized carbons (Fsp3) is 0.400. The van der Waals surface area contributed by atoms with Crippen LogP contribution in [0, 0.1) is 11.8 Å². The first-order valence-electron chi connectivity index (χ1n) is 6.23. The highest BCUT2D eigenvalue weighted by Gasteiger charge is 2.31. The van der Waals surface area contributed by atoms with E-state index in [1.807, 2.05) is 6.92 Å². The Hall–Kier alpha value is -1.83. The van der Waals surface area contributed by atoms with Gasteiger partial charge in [-0.1, -0.05) is 17.9 Å². The smallest absolute Gasteiger partial charge is 0.251 e. The second kappa shape index (κ2) is 5.87. The lowest BCUT2D eigenvalue weighted by Gasteiger charge is -2.23. The van der Waals surface area contributed by atoms with Gasteiger partial charge in [0, 0.05) is 17.7 Å². The molecule has 0 aliphatic carbocycles. The monoisotopic (exact) mass is 259 g/mol. The van der Waals surface area contributed by atoms with Crippen molar-refractivity contribution < 1.29 is 14.6 Å². The molecule has 0 aromatic heterocycles. The Bertz CT molecular complexity index is 522. The fourth-order valence-electron chi connectivity index (χ4n) is 1.99. The van der Waals surface area contributed by atoms with Crippen molar-refractivity contribution >= 4 is 5.91 Å². The summed E-state index contributed by atoms with van der Waals surface area (Å²) in [6.07, 6.45) is 0.822. The van der Waals surface area contributed by atoms with Crippen molar-refractivity contribution in [2.24, 2.45) is 0 Å². The Balaban J connectivity index is 2.10. The number of carbonyl (C=O) groups is 1. The fourth-order valence-corrected chi connectivity index (χ4v) is 1.99. The average Bonchev–Trinajstić information content (AvgIpc) is 2.83. The summed E-state index contributed by atoms with van der Waals surface area (Å²) < 4.78 is 5.31. The summed E-state index contributed by atoms with van der Waals surface area (Å²) in [5.74, 6) is 5.23. The van der Waals surface area contributed by atoms with E-state index >= 15 is 0 Å². The van der Waals surface area contributed by atoms with Gasteiger partial charge in [-0.15, -0.1) is 0 Å². The number of hydrogen-bond donors (Lipinski definition) is 2. The third-order valence-corrected chi connectivity index (χ3v) is 3.07. The summed E-state index contributed by atoms with van der Waals surface area (Å²) >= 11 is 0.